The Morgan fingerprint density at radius 1 is 1.15 bits per heavy atom. The van der Waals surface area contributed by atoms with Gasteiger partial charge in [-0.2, -0.15) is 5.10 Å². The number of aromatic nitrogens is 2. The van der Waals surface area contributed by atoms with Crippen molar-refractivity contribution in [2.75, 3.05) is 5.43 Å². The van der Waals surface area contributed by atoms with E-state index in [0.717, 1.165) is 22.6 Å². The lowest BCUT2D eigenvalue weighted by Gasteiger charge is -2.11. The summed E-state index contributed by atoms with van der Waals surface area (Å²) >= 11 is 0. The first-order valence-electron chi connectivity index (χ1n) is 8.53. The van der Waals surface area contributed by atoms with E-state index < -0.39 is 4.92 Å². The highest BCUT2D eigenvalue weighted by Gasteiger charge is 2.13. The van der Waals surface area contributed by atoms with Crippen molar-refractivity contribution in [1.29, 1.82) is 0 Å². The quantitative estimate of drug-likeness (QED) is 0.412. The molecular formula is C20H21N5O2. The number of hydrazone groups is 1. The minimum atomic E-state index is -0.490. The molecule has 3 rings (SSSR count). The van der Waals surface area contributed by atoms with Gasteiger partial charge in [0, 0.05) is 34.9 Å². The largest absolute Gasteiger partial charge is 0.318 e. The minimum Gasteiger partial charge on any atom is -0.318 e. The van der Waals surface area contributed by atoms with Gasteiger partial charge in [0.05, 0.1) is 11.1 Å². The normalized spacial score (nSPS) is 11.1. The van der Waals surface area contributed by atoms with Crippen molar-refractivity contribution in [3.8, 4) is 5.69 Å². The van der Waals surface area contributed by atoms with Gasteiger partial charge in [0.2, 0.25) is 5.82 Å². The molecule has 0 saturated heterocycles. The zero-order valence-electron chi connectivity index (χ0n) is 15.7. The molecule has 0 atom stereocenters. The van der Waals surface area contributed by atoms with Crippen molar-refractivity contribution in [2.45, 2.75) is 27.7 Å². The minimum absolute atomic E-state index is 0.113. The van der Waals surface area contributed by atoms with Crippen LogP contribution < -0.4 is 5.43 Å². The highest BCUT2D eigenvalue weighted by molar-refractivity contribution is 5.83. The SMILES string of the molecule is Cc1ccc(-n2c(C)cc(/C=N\Nc3ncccc3[N+](=O)[O-])c2C)cc1C. The number of nitro groups is 1. The Kier molecular flexibility index (Phi) is 5.03. The van der Waals surface area contributed by atoms with E-state index in [1.807, 2.05) is 19.9 Å². The highest BCUT2D eigenvalue weighted by Crippen LogP contribution is 2.23. The lowest BCUT2D eigenvalue weighted by Crippen LogP contribution is -2.01. The summed E-state index contributed by atoms with van der Waals surface area (Å²) in [7, 11) is 0. The standard InChI is InChI=1S/C20H21N5O2/c1-13-7-8-18(10-14(13)2)24-15(3)11-17(16(24)4)12-22-23-20-19(25(26)27)6-5-9-21-20/h5-12H,1-4H3,(H,21,23)/b22-12-. The monoisotopic (exact) mass is 363 g/mol. The molecule has 27 heavy (non-hydrogen) atoms. The number of aryl methyl sites for hydroxylation is 3. The van der Waals surface area contributed by atoms with E-state index in [1.54, 1.807) is 6.21 Å². The van der Waals surface area contributed by atoms with Crippen LogP contribution in [0.1, 0.15) is 28.1 Å². The summed E-state index contributed by atoms with van der Waals surface area (Å²) in [6, 6.07) is 11.3. The first-order chi connectivity index (χ1) is 12.9. The third-order valence-corrected chi connectivity index (χ3v) is 4.58. The molecule has 0 fully saturated rings. The van der Waals surface area contributed by atoms with Crippen LogP contribution >= 0.6 is 0 Å². The lowest BCUT2D eigenvalue weighted by atomic mass is 10.1. The molecule has 0 spiro atoms. The van der Waals surface area contributed by atoms with Gasteiger partial charge in [-0.3, -0.25) is 15.5 Å². The van der Waals surface area contributed by atoms with E-state index in [4.69, 9.17) is 0 Å². The van der Waals surface area contributed by atoms with Gasteiger partial charge >= 0.3 is 5.69 Å². The first kappa shape index (κ1) is 18.3. The molecule has 0 aliphatic carbocycles. The summed E-state index contributed by atoms with van der Waals surface area (Å²) in [4.78, 5) is 14.5. The molecular weight excluding hydrogens is 342 g/mol. The van der Waals surface area contributed by atoms with Gasteiger partial charge in [-0.05, 0) is 63.1 Å². The van der Waals surface area contributed by atoms with E-state index in [1.165, 1.54) is 29.5 Å². The molecule has 7 heteroatoms. The third kappa shape index (κ3) is 3.72. The molecule has 0 unspecified atom stereocenters. The molecule has 1 N–H and O–H groups in total. The van der Waals surface area contributed by atoms with Gasteiger partial charge in [0.15, 0.2) is 0 Å². The van der Waals surface area contributed by atoms with Crippen molar-refractivity contribution in [3.05, 3.63) is 80.8 Å². The molecule has 2 heterocycles. The molecule has 2 aromatic heterocycles. The summed E-state index contributed by atoms with van der Waals surface area (Å²) in [5.74, 6) is 0.113. The van der Waals surface area contributed by atoms with Gasteiger partial charge in [0.1, 0.15) is 0 Å². The second-order valence-electron chi connectivity index (χ2n) is 6.43. The Morgan fingerprint density at radius 2 is 1.93 bits per heavy atom. The van der Waals surface area contributed by atoms with Gasteiger partial charge in [-0.15, -0.1) is 0 Å². The number of hydrogen-bond acceptors (Lipinski definition) is 5. The van der Waals surface area contributed by atoms with Gasteiger partial charge < -0.3 is 4.57 Å². The van der Waals surface area contributed by atoms with Crippen LogP contribution in [-0.2, 0) is 0 Å². The zero-order chi connectivity index (χ0) is 19.6. The molecule has 0 bridgehead atoms. The Bertz CT molecular complexity index is 1040. The average molecular weight is 363 g/mol. The Hall–Kier alpha value is -3.48. The molecule has 0 radical (unpaired) electrons. The Morgan fingerprint density at radius 3 is 2.63 bits per heavy atom. The fourth-order valence-corrected chi connectivity index (χ4v) is 2.97. The van der Waals surface area contributed by atoms with E-state index in [-0.39, 0.29) is 11.5 Å². The Labute approximate surface area is 157 Å². The van der Waals surface area contributed by atoms with Crippen molar-refractivity contribution < 1.29 is 4.92 Å². The van der Waals surface area contributed by atoms with Crippen LogP contribution in [0.3, 0.4) is 0 Å². The molecule has 3 aromatic rings. The van der Waals surface area contributed by atoms with E-state index in [0.29, 0.717) is 0 Å². The second-order valence-corrected chi connectivity index (χ2v) is 6.43. The fourth-order valence-electron chi connectivity index (χ4n) is 2.97. The predicted molar refractivity (Wildman–Crippen MR) is 107 cm³/mol. The molecule has 0 aliphatic rings. The van der Waals surface area contributed by atoms with Crippen molar-refractivity contribution in [3.63, 3.8) is 0 Å². The highest BCUT2D eigenvalue weighted by atomic mass is 16.6. The maximum Gasteiger partial charge on any atom is 0.313 e. The van der Waals surface area contributed by atoms with E-state index >= 15 is 0 Å². The van der Waals surface area contributed by atoms with Crippen LogP contribution in [0.25, 0.3) is 5.69 Å². The molecule has 1 aromatic carbocycles. The second kappa shape index (κ2) is 7.41. The number of nitrogens with one attached hydrogen (secondary N) is 1. The van der Waals surface area contributed by atoms with Crippen molar-refractivity contribution in [2.24, 2.45) is 5.10 Å². The molecule has 138 valence electrons. The third-order valence-electron chi connectivity index (χ3n) is 4.58. The van der Waals surface area contributed by atoms with Crippen LogP contribution in [0.4, 0.5) is 11.5 Å². The number of hydrogen-bond donors (Lipinski definition) is 1. The molecule has 7 nitrogen and oxygen atoms in total. The number of benzene rings is 1. The lowest BCUT2D eigenvalue weighted by molar-refractivity contribution is -0.384. The summed E-state index contributed by atoms with van der Waals surface area (Å²) in [6.45, 7) is 8.25. The van der Waals surface area contributed by atoms with Crippen LogP contribution in [0.5, 0.6) is 0 Å². The van der Waals surface area contributed by atoms with Crippen LogP contribution in [-0.4, -0.2) is 20.7 Å². The topological polar surface area (TPSA) is 85.3 Å². The Balaban J connectivity index is 1.88. The van der Waals surface area contributed by atoms with E-state index in [2.05, 4.69) is 52.1 Å². The van der Waals surface area contributed by atoms with Crippen LogP contribution in [0.15, 0.2) is 47.7 Å². The van der Waals surface area contributed by atoms with Crippen LogP contribution in [0, 0.1) is 37.8 Å². The summed E-state index contributed by atoms with van der Waals surface area (Å²) in [5.41, 5.74) is 9.19. The van der Waals surface area contributed by atoms with Gasteiger partial charge in [0.25, 0.3) is 0 Å². The van der Waals surface area contributed by atoms with Crippen molar-refractivity contribution >= 4 is 17.7 Å². The summed E-state index contributed by atoms with van der Waals surface area (Å²) in [5, 5.41) is 15.2. The average Bonchev–Trinajstić information content (AvgIpc) is 2.91. The van der Waals surface area contributed by atoms with Gasteiger partial charge in [-0.1, -0.05) is 6.07 Å². The number of pyridine rings is 1. The van der Waals surface area contributed by atoms with Crippen LogP contribution in [0.2, 0.25) is 0 Å². The van der Waals surface area contributed by atoms with Gasteiger partial charge in [-0.25, -0.2) is 4.98 Å². The molecule has 0 saturated carbocycles. The maximum absolute atomic E-state index is 11.0. The van der Waals surface area contributed by atoms with Crippen molar-refractivity contribution in [1.82, 2.24) is 9.55 Å². The number of anilines is 1. The summed E-state index contributed by atoms with van der Waals surface area (Å²) < 4.78 is 2.16. The molecule has 0 amide bonds. The fraction of sp³-hybridized carbons (Fsp3) is 0.200. The first-order valence-corrected chi connectivity index (χ1v) is 8.53. The summed E-state index contributed by atoms with van der Waals surface area (Å²) in [6.07, 6.45) is 3.13. The smallest absolute Gasteiger partial charge is 0.313 e. The maximum atomic E-state index is 11.0. The number of rotatable bonds is 5. The number of nitrogens with zero attached hydrogens (tertiary/aromatic N) is 4. The molecule has 0 aliphatic heterocycles. The zero-order valence-corrected chi connectivity index (χ0v) is 15.7. The predicted octanol–water partition coefficient (Wildman–Crippen LogP) is 4.46. The van der Waals surface area contributed by atoms with E-state index in [9.17, 15) is 10.1 Å².